The van der Waals surface area contributed by atoms with Gasteiger partial charge in [0.25, 0.3) is 11.2 Å². The highest BCUT2D eigenvalue weighted by molar-refractivity contribution is 5.76. The maximum Gasteiger partial charge on any atom is 0.426 e. The third-order valence-electron chi connectivity index (χ3n) is 19.5. The number of aliphatic hydroxyl groups excluding tert-OH is 1. The van der Waals surface area contributed by atoms with Gasteiger partial charge in [0, 0.05) is 18.3 Å². The number of halogens is 15. The summed E-state index contributed by atoms with van der Waals surface area (Å²) in [4.78, 5) is 47.5. The van der Waals surface area contributed by atoms with Crippen LogP contribution in [0.2, 0.25) is 0 Å². The van der Waals surface area contributed by atoms with Crippen LogP contribution >= 0.6 is 0 Å². The van der Waals surface area contributed by atoms with E-state index in [2.05, 4.69) is 0 Å². The van der Waals surface area contributed by atoms with Gasteiger partial charge in [-0.25, -0.2) is 0 Å². The van der Waals surface area contributed by atoms with Crippen molar-refractivity contribution >= 4 is 23.9 Å². The van der Waals surface area contributed by atoms with E-state index in [-0.39, 0.29) is 80.6 Å². The second-order valence-corrected chi connectivity index (χ2v) is 26.9. The van der Waals surface area contributed by atoms with Crippen LogP contribution in [0, 0.1) is 70.0 Å². The summed E-state index contributed by atoms with van der Waals surface area (Å²) in [6.07, 6.45) is -28.6. The van der Waals surface area contributed by atoms with Gasteiger partial charge in [-0.15, -0.1) is 0 Å². The second kappa shape index (κ2) is 27.6. The predicted octanol–water partition coefficient (Wildman–Crippen LogP) is 13.0. The van der Waals surface area contributed by atoms with Crippen LogP contribution in [0.15, 0.2) is 0 Å². The molecule has 12 unspecified atom stereocenters. The zero-order valence-electron chi connectivity index (χ0n) is 50.8. The predicted molar refractivity (Wildman–Crippen MR) is 278 cm³/mol. The topological polar surface area (TPSA) is 206 Å². The Labute approximate surface area is 492 Å². The zero-order chi connectivity index (χ0) is 66.8. The minimum absolute atomic E-state index is 0.0207. The Kier molecular flexibility index (Phi) is 24.7. The average Bonchev–Trinajstić information content (AvgIpc) is 1.04. The van der Waals surface area contributed by atoms with Gasteiger partial charge < -0.3 is 44.5 Å². The van der Waals surface area contributed by atoms with Gasteiger partial charge in [-0.05, 0) is 166 Å². The molecule has 6 bridgehead atoms. The minimum atomic E-state index is -6.28. The normalized spacial score (nSPS) is 30.1. The lowest BCUT2D eigenvalue weighted by Gasteiger charge is -2.59. The summed E-state index contributed by atoms with van der Waals surface area (Å²) in [6.45, 7) is 19.6. The maximum absolute atomic E-state index is 13.3. The molecule has 0 aromatic heterocycles. The molecule has 0 radical (unpaired) electrons. The van der Waals surface area contributed by atoms with Gasteiger partial charge in [-0.2, -0.15) is 65.9 Å². The van der Waals surface area contributed by atoms with Gasteiger partial charge in [-0.3, -0.25) is 19.2 Å². The largest absolute Gasteiger partial charge is 0.463 e. The molecule has 0 saturated heterocycles. The van der Waals surface area contributed by atoms with Crippen LogP contribution in [0.1, 0.15) is 186 Å². The minimum Gasteiger partial charge on any atom is -0.463 e. The van der Waals surface area contributed by atoms with Gasteiger partial charge in [0.1, 0.15) is 24.4 Å². The summed E-state index contributed by atoms with van der Waals surface area (Å²) in [5.74, 6) is -7.26. The molecule has 7 aliphatic rings. The van der Waals surface area contributed by atoms with Crippen LogP contribution in [0.25, 0.3) is 0 Å². The Hall–Kier alpha value is -3.37. The molecule has 0 aromatic carbocycles. The van der Waals surface area contributed by atoms with Crippen molar-refractivity contribution in [1.82, 2.24) is 0 Å². The molecular weight excluding hydrogens is 1190 g/mol. The zero-order valence-corrected chi connectivity index (χ0v) is 50.8. The molecule has 0 aliphatic heterocycles. The van der Waals surface area contributed by atoms with E-state index in [1.165, 1.54) is 20.3 Å². The van der Waals surface area contributed by atoms with Crippen molar-refractivity contribution in [3.63, 3.8) is 0 Å². The SMILES string of the molecule is CC(C)C(C)(C)C(=O)OCCO.CCC(C)(C)C(=O)OC1CC(C(C)(O)C(F)(F)F)CC(C(O)(C(F)(F)F)C(F)(F)F)C1.CCC(C)C(=O)OC12CC3CC(CC(O)(C3)C1)C2.CCC(C)C(=O)OC1CC2CC1CC2CC(O)(C(F)(F)F)C(F)(F)F. The Morgan fingerprint density at radius 2 is 1.06 bits per heavy atom. The highest BCUT2D eigenvalue weighted by Gasteiger charge is 2.75. The smallest absolute Gasteiger partial charge is 0.426 e. The Morgan fingerprint density at radius 1 is 0.570 bits per heavy atom. The van der Waals surface area contributed by atoms with E-state index in [0.717, 1.165) is 32.1 Å². The van der Waals surface area contributed by atoms with E-state index < -0.39 is 138 Å². The quantitative estimate of drug-likeness (QED) is 0.0523. The molecule has 0 amide bonds. The number of hydrogen-bond donors (Lipinski definition) is 5. The number of esters is 4. The molecule has 0 spiro atoms. The van der Waals surface area contributed by atoms with Gasteiger partial charge in [0.05, 0.1) is 34.9 Å². The third kappa shape index (κ3) is 17.6. The van der Waals surface area contributed by atoms with Gasteiger partial charge in [0.15, 0.2) is 5.60 Å². The number of carbonyl (C=O) groups is 4. The molecule has 0 aromatic rings. The maximum atomic E-state index is 13.3. The molecule has 7 aliphatic carbocycles. The van der Waals surface area contributed by atoms with Crippen LogP contribution < -0.4 is 0 Å². The van der Waals surface area contributed by atoms with Crippen molar-refractivity contribution < 1.29 is 130 Å². The monoisotopic (exact) mass is 1280 g/mol. The first kappa shape index (κ1) is 76.9. The van der Waals surface area contributed by atoms with Crippen molar-refractivity contribution in [1.29, 1.82) is 0 Å². The highest BCUT2D eigenvalue weighted by atomic mass is 19.4. The molecule has 7 fully saturated rings. The molecule has 0 heterocycles. The van der Waals surface area contributed by atoms with E-state index in [4.69, 9.17) is 24.1 Å². The molecule has 28 heteroatoms. The first-order valence-corrected chi connectivity index (χ1v) is 29.3. The van der Waals surface area contributed by atoms with Crippen LogP contribution in [-0.4, -0.2) is 134 Å². The van der Waals surface area contributed by atoms with Crippen molar-refractivity contribution in [2.24, 2.45) is 70.0 Å². The fourth-order valence-corrected chi connectivity index (χ4v) is 12.7. The lowest BCUT2D eigenvalue weighted by molar-refractivity contribution is -0.391. The van der Waals surface area contributed by atoms with Crippen LogP contribution in [-0.2, 0) is 38.1 Å². The van der Waals surface area contributed by atoms with Crippen molar-refractivity contribution in [3.8, 4) is 0 Å². The molecule has 7 rings (SSSR count). The molecule has 504 valence electrons. The summed E-state index contributed by atoms with van der Waals surface area (Å²) >= 11 is 0. The van der Waals surface area contributed by atoms with Crippen LogP contribution in [0.5, 0.6) is 0 Å². The number of fused-ring (bicyclic) bond motifs is 2. The highest BCUT2D eigenvalue weighted by Crippen LogP contribution is 2.60. The van der Waals surface area contributed by atoms with E-state index in [1.54, 1.807) is 13.8 Å². The lowest BCUT2D eigenvalue weighted by atomic mass is 9.52. The molecule has 7 saturated carbocycles. The van der Waals surface area contributed by atoms with E-state index in [1.807, 2.05) is 48.5 Å². The fraction of sp³-hybridized carbons (Fsp3) is 0.931. The number of rotatable bonds is 17. The molecule has 86 heavy (non-hydrogen) atoms. The van der Waals surface area contributed by atoms with Gasteiger partial charge >= 0.3 is 54.8 Å². The van der Waals surface area contributed by atoms with E-state index in [0.29, 0.717) is 31.1 Å². The standard InChI is InChI=1S/C18H25F9O4.C16H22F6O3.C15H24O3.C9H18O3/c1-5-13(2,3)12(28)31-11-7-9(14(4,29)16(19,20)21)6-10(8-11)15(30,17(22,23)24)18(25,26)27;1-3-8(2)13(23)25-12-6-9-4-10(12)5-11(9)7-14(24,15(17,18)19)16(20,21)22;1-3-10(2)13(16)18-15-7-11-4-12(8-15)6-14(17,5-11)9-15;1-7(2)9(3,4)8(11)12-6-5-10/h9-11,29-30H,5-8H2,1-4H3;8-12,24H,3-7H2,1-2H3;10-12,17H,3-9H2,1-2H3;7,10H,5-6H2,1-4H3. The Morgan fingerprint density at radius 3 is 1.45 bits per heavy atom. The fourth-order valence-electron chi connectivity index (χ4n) is 12.7. The first-order valence-electron chi connectivity index (χ1n) is 29.3. The Balaban J connectivity index is 0.000000315. The van der Waals surface area contributed by atoms with E-state index in [9.17, 15) is 105 Å². The second-order valence-electron chi connectivity index (χ2n) is 26.9. The summed E-state index contributed by atoms with van der Waals surface area (Å²) < 4.78 is 218. The summed E-state index contributed by atoms with van der Waals surface area (Å²) in [5.41, 5.74) is -16.3. The van der Waals surface area contributed by atoms with Crippen LogP contribution in [0.4, 0.5) is 65.9 Å². The van der Waals surface area contributed by atoms with Crippen molar-refractivity contribution in [2.45, 2.75) is 257 Å². The van der Waals surface area contributed by atoms with Crippen molar-refractivity contribution in [3.05, 3.63) is 0 Å². The van der Waals surface area contributed by atoms with E-state index >= 15 is 0 Å². The number of aliphatic hydroxyl groups is 5. The molecule has 5 N–H and O–H groups in total. The summed E-state index contributed by atoms with van der Waals surface area (Å²) in [5, 5.41) is 48.0. The summed E-state index contributed by atoms with van der Waals surface area (Å²) in [7, 11) is 0. The average molecular weight is 1280 g/mol. The van der Waals surface area contributed by atoms with Crippen LogP contribution in [0.3, 0.4) is 0 Å². The third-order valence-corrected chi connectivity index (χ3v) is 19.5. The molecule has 13 nitrogen and oxygen atoms in total. The van der Waals surface area contributed by atoms with Crippen molar-refractivity contribution in [2.75, 3.05) is 13.2 Å². The number of ether oxygens (including phenoxy) is 4. The number of alkyl halides is 15. The summed E-state index contributed by atoms with van der Waals surface area (Å²) in [6, 6.07) is 0. The lowest BCUT2D eigenvalue weighted by Crippen LogP contribution is -2.64. The Bertz CT molecular complexity index is 2220. The number of hydrogen-bond acceptors (Lipinski definition) is 13. The molecular formula is C58H89F15O13. The van der Waals surface area contributed by atoms with Gasteiger partial charge in [-0.1, -0.05) is 48.5 Å². The number of carbonyl (C=O) groups excluding carboxylic acids is 4. The molecule has 12 atom stereocenters. The van der Waals surface area contributed by atoms with Gasteiger partial charge in [0.2, 0.25) is 0 Å². The first-order chi connectivity index (χ1) is 38.7.